The van der Waals surface area contributed by atoms with Gasteiger partial charge in [0.25, 0.3) is 0 Å². The fourth-order valence-electron chi connectivity index (χ4n) is 1.72. The van der Waals surface area contributed by atoms with Crippen LogP contribution in [-0.4, -0.2) is 12.7 Å². The molecule has 0 radical (unpaired) electrons. The molecule has 0 bridgehead atoms. The Morgan fingerprint density at radius 2 is 1.70 bits per heavy atom. The summed E-state index contributed by atoms with van der Waals surface area (Å²) in [6, 6.07) is -1.32. The maximum atomic E-state index is 12.9. The molecule has 1 rings (SSSR count). The van der Waals surface area contributed by atoms with Gasteiger partial charge in [-0.1, -0.05) is 13.0 Å². The zero-order chi connectivity index (χ0) is 15.6. The fraction of sp³-hybridized carbons (Fsp3) is 0.500. The second-order valence-electron chi connectivity index (χ2n) is 4.16. The number of benzene rings is 1. The fourth-order valence-corrected chi connectivity index (χ4v) is 1.72. The molecule has 114 valence electrons. The van der Waals surface area contributed by atoms with E-state index in [1.807, 2.05) is 5.32 Å². The van der Waals surface area contributed by atoms with Crippen molar-refractivity contribution >= 4 is 0 Å². The minimum Gasteiger partial charge on any atom is -0.302 e. The van der Waals surface area contributed by atoms with Gasteiger partial charge in [-0.05, 0) is 30.7 Å². The third-order valence-electron chi connectivity index (χ3n) is 2.56. The number of hydrogen-bond acceptors (Lipinski definition) is 1. The molecule has 0 fully saturated rings. The first-order chi connectivity index (χ1) is 9.07. The molecular weight excluding hydrogens is 291 g/mol. The molecular formula is C12H12F7N. The summed E-state index contributed by atoms with van der Waals surface area (Å²) in [5.74, 6) is -1.24. The first kappa shape index (κ1) is 16.7. The van der Waals surface area contributed by atoms with Gasteiger partial charge in [0.05, 0.1) is 5.56 Å². The molecule has 8 heteroatoms. The highest BCUT2D eigenvalue weighted by atomic mass is 19.4. The standard InChI is InChI=1S/C12H12F7N/c1-2-5-20-10(12(17,18)19)8-4-3-7(13)6-9(8)11(14,15)16/h3-4,6,10,20H,2,5H2,1H3. The SMILES string of the molecule is CCCNC(c1ccc(F)cc1C(F)(F)F)C(F)(F)F. The van der Waals surface area contributed by atoms with Gasteiger partial charge in [0.2, 0.25) is 0 Å². The lowest BCUT2D eigenvalue weighted by atomic mass is 9.99. The molecule has 0 heterocycles. The second-order valence-corrected chi connectivity index (χ2v) is 4.16. The molecule has 0 aliphatic carbocycles. The lowest BCUT2D eigenvalue weighted by Gasteiger charge is -2.25. The summed E-state index contributed by atoms with van der Waals surface area (Å²) in [4.78, 5) is 0. The van der Waals surface area contributed by atoms with Crippen LogP contribution in [0.2, 0.25) is 0 Å². The van der Waals surface area contributed by atoms with E-state index < -0.39 is 35.3 Å². The topological polar surface area (TPSA) is 12.0 Å². The molecule has 20 heavy (non-hydrogen) atoms. The van der Waals surface area contributed by atoms with Gasteiger partial charge in [-0.2, -0.15) is 26.3 Å². The van der Waals surface area contributed by atoms with Gasteiger partial charge in [-0.25, -0.2) is 4.39 Å². The largest absolute Gasteiger partial charge is 0.416 e. The summed E-state index contributed by atoms with van der Waals surface area (Å²) >= 11 is 0. The van der Waals surface area contributed by atoms with Crippen molar-refractivity contribution < 1.29 is 30.7 Å². The number of alkyl halides is 6. The van der Waals surface area contributed by atoms with Crippen LogP contribution < -0.4 is 5.32 Å². The minimum absolute atomic E-state index is 0.0711. The van der Waals surface area contributed by atoms with Crippen molar-refractivity contribution in [3.8, 4) is 0 Å². The first-order valence-electron chi connectivity index (χ1n) is 5.74. The molecule has 0 aliphatic rings. The van der Waals surface area contributed by atoms with Crippen molar-refractivity contribution in [3.63, 3.8) is 0 Å². The molecule has 1 nitrogen and oxygen atoms in total. The molecule has 1 unspecified atom stereocenters. The average molecular weight is 303 g/mol. The van der Waals surface area contributed by atoms with Crippen LogP contribution in [0.25, 0.3) is 0 Å². The summed E-state index contributed by atoms with van der Waals surface area (Å²) in [7, 11) is 0. The number of halogens is 7. The Morgan fingerprint density at radius 3 is 2.15 bits per heavy atom. The first-order valence-corrected chi connectivity index (χ1v) is 5.74. The maximum absolute atomic E-state index is 12.9. The van der Waals surface area contributed by atoms with Crippen molar-refractivity contribution in [1.29, 1.82) is 0 Å². The van der Waals surface area contributed by atoms with Gasteiger partial charge >= 0.3 is 12.4 Å². The lowest BCUT2D eigenvalue weighted by molar-refractivity contribution is -0.162. The molecule has 0 saturated carbocycles. The van der Waals surface area contributed by atoms with Gasteiger partial charge < -0.3 is 5.32 Å². The van der Waals surface area contributed by atoms with E-state index in [0.717, 1.165) is 0 Å². The summed E-state index contributed by atoms with van der Waals surface area (Å²) < 4.78 is 89.7. The van der Waals surface area contributed by atoms with Crippen LogP contribution in [0.5, 0.6) is 0 Å². The van der Waals surface area contributed by atoms with Crippen molar-refractivity contribution in [2.45, 2.75) is 31.7 Å². The average Bonchev–Trinajstić information content (AvgIpc) is 2.28. The van der Waals surface area contributed by atoms with Gasteiger partial charge in [0, 0.05) is 0 Å². The van der Waals surface area contributed by atoms with Crippen LogP contribution in [0.3, 0.4) is 0 Å². The second kappa shape index (κ2) is 5.99. The van der Waals surface area contributed by atoms with E-state index in [-0.39, 0.29) is 12.6 Å². The molecule has 1 N–H and O–H groups in total. The lowest BCUT2D eigenvalue weighted by Crippen LogP contribution is -2.36. The van der Waals surface area contributed by atoms with Crippen LogP contribution in [0, 0.1) is 5.82 Å². The van der Waals surface area contributed by atoms with Crippen LogP contribution in [0.15, 0.2) is 18.2 Å². The highest BCUT2D eigenvalue weighted by Crippen LogP contribution is 2.40. The Morgan fingerprint density at radius 1 is 1.10 bits per heavy atom. The predicted octanol–water partition coefficient (Wildman–Crippen LogP) is 4.45. The van der Waals surface area contributed by atoms with Crippen LogP contribution in [-0.2, 0) is 6.18 Å². The zero-order valence-electron chi connectivity index (χ0n) is 10.4. The Balaban J connectivity index is 3.33. The normalized spacial score (nSPS) is 14.4. The summed E-state index contributed by atoms with van der Waals surface area (Å²) in [5.41, 5.74) is -2.65. The third kappa shape index (κ3) is 4.09. The van der Waals surface area contributed by atoms with E-state index >= 15 is 0 Å². The Labute approximate surface area is 110 Å². The van der Waals surface area contributed by atoms with Crippen molar-refractivity contribution in [2.75, 3.05) is 6.54 Å². The van der Waals surface area contributed by atoms with E-state index in [9.17, 15) is 30.7 Å². The number of rotatable bonds is 4. The molecule has 1 aromatic rings. The van der Waals surface area contributed by atoms with E-state index in [1.54, 1.807) is 6.92 Å². The third-order valence-corrected chi connectivity index (χ3v) is 2.56. The van der Waals surface area contributed by atoms with Crippen molar-refractivity contribution in [3.05, 3.63) is 35.1 Å². The van der Waals surface area contributed by atoms with Crippen LogP contribution in [0.4, 0.5) is 30.7 Å². The molecule has 0 amide bonds. The van der Waals surface area contributed by atoms with Gasteiger partial charge in [-0.15, -0.1) is 0 Å². The number of hydrogen-bond donors (Lipinski definition) is 1. The molecule has 1 atom stereocenters. The molecule has 1 aromatic carbocycles. The maximum Gasteiger partial charge on any atom is 0.416 e. The monoisotopic (exact) mass is 303 g/mol. The minimum atomic E-state index is -5.06. The highest BCUT2D eigenvalue weighted by molar-refractivity contribution is 5.34. The van der Waals surface area contributed by atoms with Gasteiger partial charge in [0.1, 0.15) is 11.9 Å². The summed E-state index contributed by atoms with van der Waals surface area (Å²) in [5, 5.41) is 2.01. The van der Waals surface area contributed by atoms with E-state index in [2.05, 4.69) is 0 Å². The predicted molar refractivity (Wildman–Crippen MR) is 58.5 cm³/mol. The van der Waals surface area contributed by atoms with E-state index in [4.69, 9.17) is 0 Å². The molecule has 0 spiro atoms. The van der Waals surface area contributed by atoms with Crippen LogP contribution in [0.1, 0.15) is 30.5 Å². The zero-order valence-corrected chi connectivity index (χ0v) is 10.4. The van der Waals surface area contributed by atoms with Crippen molar-refractivity contribution in [2.24, 2.45) is 0 Å². The Hall–Kier alpha value is -1.31. The van der Waals surface area contributed by atoms with Gasteiger partial charge in [-0.3, -0.25) is 0 Å². The Bertz CT molecular complexity index is 450. The molecule has 0 saturated heterocycles. The van der Waals surface area contributed by atoms with Gasteiger partial charge in [0.15, 0.2) is 0 Å². The van der Waals surface area contributed by atoms with E-state index in [1.165, 1.54) is 0 Å². The summed E-state index contributed by atoms with van der Waals surface area (Å²) in [6.07, 6.45) is -9.66. The number of nitrogens with one attached hydrogen (secondary N) is 1. The van der Waals surface area contributed by atoms with Crippen LogP contribution >= 0.6 is 0 Å². The quantitative estimate of drug-likeness (QED) is 0.810. The van der Waals surface area contributed by atoms with E-state index in [0.29, 0.717) is 18.6 Å². The molecule has 0 aromatic heterocycles. The highest BCUT2D eigenvalue weighted by Gasteiger charge is 2.45. The molecule has 0 aliphatic heterocycles. The summed E-state index contributed by atoms with van der Waals surface area (Å²) in [6.45, 7) is 1.47. The Kier molecular flexibility index (Phi) is 5.01. The van der Waals surface area contributed by atoms with Crippen molar-refractivity contribution in [1.82, 2.24) is 5.32 Å². The smallest absolute Gasteiger partial charge is 0.302 e.